The highest BCUT2D eigenvalue weighted by molar-refractivity contribution is 7.90. The fraction of sp³-hybridized carbons (Fsp3) is 0.417. The molecule has 5 atom stereocenters. The molecule has 1 aliphatic carbocycles. The second kappa shape index (κ2) is 9.92. The molecule has 3 rings (SSSR count). The first-order valence-corrected chi connectivity index (χ1v) is 13.0. The van der Waals surface area contributed by atoms with E-state index in [2.05, 4.69) is 5.32 Å². The van der Waals surface area contributed by atoms with Gasteiger partial charge in [0.1, 0.15) is 6.04 Å². The Balaban J connectivity index is 1.84. The van der Waals surface area contributed by atoms with Gasteiger partial charge in [0.2, 0.25) is 5.91 Å². The lowest BCUT2D eigenvalue weighted by molar-refractivity contribution is -0.160. The van der Waals surface area contributed by atoms with Gasteiger partial charge in [0.05, 0.1) is 16.5 Å². The van der Waals surface area contributed by atoms with Crippen LogP contribution in [0.25, 0.3) is 11.1 Å². The molecule has 0 heterocycles. The van der Waals surface area contributed by atoms with Gasteiger partial charge >= 0.3 is 6.18 Å². The third kappa shape index (κ3) is 5.61. The van der Waals surface area contributed by atoms with Crippen molar-refractivity contribution in [3.63, 3.8) is 0 Å². The summed E-state index contributed by atoms with van der Waals surface area (Å²) in [6, 6.07) is 7.04. The average Bonchev–Trinajstić information content (AvgIpc) is 3.00. The summed E-state index contributed by atoms with van der Waals surface area (Å²) in [5.74, 6) is -2.04. The highest BCUT2D eigenvalue weighted by atomic mass is 32.2. The van der Waals surface area contributed by atoms with Crippen molar-refractivity contribution in [1.82, 2.24) is 5.32 Å². The molecule has 1 fully saturated rings. The summed E-state index contributed by atoms with van der Waals surface area (Å²) in [5, 5.41) is 2.41. The molecular formula is C24H29F3N4O4S. The van der Waals surface area contributed by atoms with Crippen LogP contribution in [0.4, 0.5) is 13.2 Å². The van der Waals surface area contributed by atoms with E-state index in [9.17, 15) is 31.2 Å². The predicted molar refractivity (Wildman–Crippen MR) is 128 cm³/mol. The van der Waals surface area contributed by atoms with Gasteiger partial charge in [-0.3, -0.25) is 14.9 Å². The lowest BCUT2D eigenvalue weighted by atomic mass is 9.80. The summed E-state index contributed by atoms with van der Waals surface area (Å²) in [7, 11) is -3.38. The zero-order valence-electron chi connectivity index (χ0n) is 19.7. The molecule has 7 N–H and O–H groups in total. The van der Waals surface area contributed by atoms with E-state index in [1.54, 1.807) is 19.1 Å². The fourth-order valence-electron chi connectivity index (χ4n) is 4.62. The average molecular weight is 527 g/mol. The minimum Gasteiger partial charge on any atom is -0.370 e. The van der Waals surface area contributed by atoms with Gasteiger partial charge in [-0.1, -0.05) is 43.3 Å². The molecule has 0 saturated heterocycles. The zero-order valence-corrected chi connectivity index (χ0v) is 20.6. The van der Waals surface area contributed by atoms with E-state index in [4.69, 9.17) is 17.2 Å². The predicted octanol–water partition coefficient (Wildman–Crippen LogP) is 1.83. The number of amides is 1. The maximum atomic E-state index is 14.0. The van der Waals surface area contributed by atoms with Crippen molar-refractivity contribution in [2.75, 3.05) is 6.26 Å². The highest BCUT2D eigenvalue weighted by Crippen LogP contribution is 2.39. The monoisotopic (exact) mass is 526 g/mol. The Morgan fingerprint density at radius 3 is 2.06 bits per heavy atom. The van der Waals surface area contributed by atoms with Crippen molar-refractivity contribution in [3.8, 4) is 11.1 Å². The largest absolute Gasteiger partial charge is 0.407 e. The molecule has 1 amide bonds. The molecule has 0 bridgehead atoms. The molecule has 196 valence electrons. The smallest absolute Gasteiger partial charge is 0.370 e. The second-order valence-corrected chi connectivity index (χ2v) is 11.3. The van der Waals surface area contributed by atoms with Gasteiger partial charge in [-0.25, -0.2) is 8.42 Å². The first kappa shape index (κ1) is 27.8. The van der Waals surface area contributed by atoms with E-state index in [0.717, 1.165) is 6.26 Å². The van der Waals surface area contributed by atoms with Crippen LogP contribution < -0.4 is 22.5 Å². The van der Waals surface area contributed by atoms with E-state index in [1.807, 2.05) is 0 Å². The third-order valence-electron chi connectivity index (χ3n) is 6.74. The number of hydrogen-bond acceptors (Lipinski definition) is 7. The molecule has 0 aromatic heterocycles. The first-order chi connectivity index (χ1) is 16.5. The standard InChI is InChI=1S/C24H29F3N4O4S/c1-13-11-18(22(33)23(13,30)19(28)12-20(29)32)31-21(24(25,26)27)16-5-3-14(4-6-16)15-7-9-17(10-8-15)36(2,34)35/h3-10,13,18-19,21,31H,11-12,28,30H2,1-2H3,(H2,29,32)/t13?,18-,19+,21-,23?/m0/s1. The lowest BCUT2D eigenvalue weighted by Gasteiger charge is -2.33. The maximum absolute atomic E-state index is 14.0. The SMILES string of the molecule is CC1C[C@H](N[C@@H](c2ccc(-c3ccc(S(C)(=O)=O)cc3)cc2)C(F)(F)F)C(=O)C1(N)[C@H](N)CC(N)=O. The maximum Gasteiger partial charge on any atom is 0.407 e. The normalized spacial score (nSPS) is 24.5. The van der Waals surface area contributed by atoms with Gasteiger partial charge in [0.15, 0.2) is 15.6 Å². The quantitative estimate of drug-likeness (QED) is 0.408. The number of halogens is 3. The van der Waals surface area contributed by atoms with Crippen LogP contribution in [0.3, 0.4) is 0 Å². The van der Waals surface area contributed by atoms with Crippen LogP contribution in [0.5, 0.6) is 0 Å². The second-order valence-electron chi connectivity index (χ2n) is 9.32. The highest BCUT2D eigenvalue weighted by Gasteiger charge is 2.55. The summed E-state index contributed by atoms with van der Waals surface area (Å²) >= 11 is 0. The molecule has 1 aliphatic rings. The molecule has 0 aliphatic heterocycles. The summed E-state index contributed by atoms with van der Waals surface area (Å²) in [4.78, 5) is 24.5. The van der Waals surface area contributed by atoms with Gasteiger partial charge in [0, 0.05) is 18.7 Å². The summed E-state index contributed by atoms with van der Waals surface area (Å²) in [5.41, 5.74) is 16.8. The molecule has 0 radical (unpaired) electrons. The minimum atomic E-state index is -4.72. The summed E-state index contributed by atoms with van der Waals surface area (Å²) in [6.07, 6.45) is -4.00. The molecule has 0 spiro atoms. The van der Waals surface area contributed by atoms with Crippen LogP contribution >= 0.6 is 0 Å². The van der Waals surface area contributed by atoms with E-state index in [-0.39, 0.29) is 23.3 Å². The van der Waals surface area contributed by atoms with Crippen molar-refractivity contribution in [1.29, 1.82) is 0 Å². The number of rotatable bonds is 8. The molecular weight excluding hydrogens is 497 g/mol. The van der Waals surface area contributed by atoms with Gasteiger partial charge < -0.3 is 17.2 Å². The Morgan fingerprint density at radius 2 is 1.61 bits per heavy atom. The first-order valence-electron chi connectivity index (χ1n) is 11.2. The third-order valence-corrected chi connectivity index (χ3v) is 7.87. The number of primary amides is 1. The van der Waals surface area contributed by atoms with Crippen LogP contribution in [0.1, 0.15) is 31.4 Å². The van der Waals surface area contributed by atoms with Crippen molar-refractivity contribution in [2.45, 2.75) is 54.5 Å². The molecule has 8 nitrogen and oxygen atoms in total. The molecule has 2 aromatic carbocycles. The topological polar surface area (TPSA) is 158 Å². The van der Waals surface area contributed by atoms with E-state index in [1.165, 1.54) is 36.4 Å². The van der Waals surface area contributed by atoms with Crippen LogP contribution in [-0.2, 0) is 19.4 Å². The minimum absolute atomic E-state index is 0.0130. The Hall–Kier alpha value is -2.80. The summed E-state index contributed by atoms with van der Waals surface area (Å²) in [6.45, 7) is 1.60. The Morgan fingerprint density at radius 1 is 1.11 bits per heavy atom. The molecule has 36 heavy (non-hydrogen) atoms. The van der Waals surface area contributed by atoms with Gasteiger partial charge in [-0.2, -0.15) is 13.2 Å². The number of carbonyl (C=O) groups is 2. The van der Waals surface area contributed by atoms with Crippen LogP contribution in [-0.4, -0.2) is 50.2 Å². The van der Waals surface area contributed by atoms with Crippen molar-refractivity contribution in [3.05, 3.63) is 54.1 Å². The summed E-state index contributed by atoms with van der Waals surface area (Å²) < 4.78 is 65.4. The van der Waals surface area contributed by atoms with E-state index in [0.29, 0.717) is 11.1 Å². The number of nitrogens with one attached hydrogen (secondary N) is 1. The van der Waals surface area contributed by atoms with Gasteiger partial charge in [0.25, 0.3) is 0 Å². The van der Waals surface area contributed by atoms with Crippen LogP contribution in [0.15, 0.2) is 53.4 Å². The fourth-order valence-corrected chi connectivity index (χ4v) is 5.25. The van der Waals surface area contributed by atoms with E-state index >= 15 is 0 Å². The van der Waals surface area contributed by atoms with Crippen molar-refractivity contribution >= 4 is 21.5 Å². The molecule has 2 unspecified atom stereocenters. The lowest BCUT2D eigenvalue weighted by Crippen LogP contribution is -2.64. The van der Waals surface area contributed by atoms with Crippen LogP contribution in [0.2, 0.25) is 0 Å². The van der Waals surface area contributed by atoms with Crippen molar-refractivity contribution in [2.24, 2.45) is 23.1 Å². The number of ketones is 1. The Kier molecular flexibility index (Phi) is 7.66. The number of benzene rings is 2. The number of Topliss-reactive ketones (excluding diaryl/α,β-unsaturated/α-hetero) is 1. The Labute approximate surface area is 207 Å². The molecule has 2 aromatic rings. The number of nitrogens with two attached hydrogens (primary N) is 3. The van der Waals surface area contributed by atoms with Gasteiger partial charge in [-0.15, -0.1) is 0 Å². The molecule has 1 saturated carbocycles. The zero-order chi connectivity index (χ0) is 27.1. The van der Waals surface area contributed by atoms with Gasteiger partial charge in [-0.05, 0) is 41.2 Å². The van der Waals surface area contributed by atoms with Crippen LogP contribution in [0, 0.1) is 5.92 Å². The van der Waals surface area contributed by atoms with Crippen molar-refractivity contribution < 1.29 is 31.2 Å². The number of hydrogen-bond donors (Lipinski definition) is 4. The Bertz CT molecular complexity index is 1230. The number of sulfone groups is 1. The number of alkyl halides is 3. The van der Waals surface area contributed by atoms with E-state index < -0.39 is 57.3 Å². The number of carbonyl (C=O) groups excluding carboxylic acids is 2. The molecule has 12 heteroatoms.